The van der Waals surface area contributed by atoms with Gasteiger partial charge in [-0.3, -0.25) is 0 Å². The molecule has 0 saturated carbocycles. The molecule has 0 heterocycles. The van der Waals surface area contributed by atoms with E-state index in [1.165, 1.54) is 62.5 Å². The van der Waals surface area contributed by atoms with E-state index in [1.54, 1.807) is 0 Å². The number of unbranched alkanes of at least 4 members (excludes halogenated alkanes) is 8. The van der Waals surface area contributed by atoms with Crippen LogP contribution in [0.25, 0.3) is 0 Å². The van der Waals surface area contributed by atoms with Gasteiger partial charge < -0.3 is 14.0 Å². The van der Waals surface area contributed by atoms with Gasteiger partial charge in [-0.2, -0.15) is 0 Å². The molecule has 0 saturated heterocycles. The van der Waals surface area contributed by atoms with Gasteiger partial charge in [-0.1, -0.05) is 101 Å². The molecule has 0 spiro atoms. The van der Waals surface area contributed by atoms with E-state index in [4.69, 9.17) is 9.47 Å². The van der Waals surface area contributed by atoms with E-state index >= 15 is 0 Å². The molecule has 0 fully saturated rings. The van der Waals surface area contributed by atoms with E-state index in [2.05, 4.69) is 76.5 Å². The Morgan fingerprint density at radius 2 is 1.34 bits per heavy atom. The third kappa shape index (κ3) is 13.0. The molecule has 4 heteroatoms. The third-order valence-electron chi connectivity index (χ3n) is 7.40. The SMILES string of the molecule is CCCCCCCCCCc1ccc(OCCCCOC(=O)C(CCC)[N+](C)(C)Cc2ccccc2)cc1. The second-order valence-electron chi connectivity index (χ2n) is 11.3. The van der Waals surface area contributed by atoms with Crippen LogP contribution in [0, 0.1) is 0 Å². The summed E-state index contributed by atoms with van der Waals surface area (Å²) in [7, 11) is 4.26. The number of carbonyl (C=O) groups is 1. The average molecular weight is 525 g/mol. The Balaban J connectivity index is 1.60. The summed E-state index contributed by atoms with van der Waals surface area (Å²) >= 11 is 0. The van der Waals surface area contributed by atoms with Crippen molar-refractivity contribution in [1.82, 2.24) is 0 Å². The van der Waals surface area contributed by atoms with Crippen molar-refractivity contribution in [3.63, 3.8) is 0 Å². The highest BCUT2D eigenvalue weighted by molar-refractivity contribution is 5.74. The second kappa shape index (κ2) is 18.8. The van der Waals surface area contributed by atoms with Gasteiger partial charge in [0.25, 0.3) is 0 Å². The summed E-state index contributed by atoms with van der Waals surface area (Å²) < 4.78 is 12.2. The molecule has 1 unspecified atom stereocenters. The molecule has 0 radical (unpaired) electrons. The van der Waals surface area contributed by atoms with E-state index in [-0.39, 0.29) is 12.0 Å². The van der Waals surface area contributed by atoms with Crippen LogP contribution in [-0.2, 0) is 22.5 Å². The largest absolute Gasteiger partial charge is 0.494 e. The zero-order valence-electron chi connectivity index (χ0n) is 24.8. The first kappa shape index (κ1) is 31.9. The Bertz CT molecular complexity index is 863. The Hall–Kier alpha value is -2.33. The predicted octanol–water partition coefficient (Wildman–Crippen LogP) is 8.52. The smallest absolute Gasteiger partial charge is 0.364 e. The van der Waals surface area contributed by atoms with E-state index in [0.717, 1.165) is 44.4 Å². The molecule has 2 aromatic carbocycles. The zero-order valence-corrected chi connectivity index (χ0v) is 24.8. The van der Waals surface area contributed by atoms with E-state index < -0.39 is 0 Å². The predicted molar refractivity (Wildman–Crippen MR) is 159 cm³/mol. The first-order valence-electron chi connectivity index (χ1n) is 15.2. The van der Waals surface area contributed by atoms with Crippen LogP contribution in [0.5, 0.6) is 5.75 Å². The molecule has 2 aromatic rings. The summed E-state index contributed by atoms with van der Waals surface area (Å²) in [6.07, 6.45) is 15.5. The number of hydrogen-bond donors (Lipinski definition) is 0. The fraction of sp³-hybridized carbons (Fsp3) is 0.618. The van der Waals surface area contributed by atoms with Gasteiger partial charge in [-0.05, 0) is 49.8 Å². The second-order valence-corrected chi connectivity index (χ2v) is 11.3. The maximum atomic E-state index is 13.0. The van der Waals surface area contributed by atoms with Gasteiger partial charge in [0.2, 0.25) is 0 Å². The topological polar surface area (TPSA) is 35.5 Å². The molecule has 0 aliphatic heterocycles. The highest BCUT2D eigenvalue weighted by atomic mass is 16.5. The van der Waals surface area contributed by atoms with E-state index in [9.17, 15) is 4.79 Å². The summed E-state index contributed by atoms with van der Waals surface area (Å²) in [5.74, 6) is 0.838. The molecule has 0 aliphatic carbocycles. The van der Waals surface area contributed by atoms with E-state index in [1.807, 2.05) is 6.07 Å². The lowest BCUT2D eigenvalue weighted by Gasteiger charge is -2.36. The number of aryl methyl sites for hydroxylation is 1. The van der Waals surface area contributed by atoms with E-state index in [0.29, 0.717) is 17.7 Å². The number of carbonyl (C=O) groups excluding carboxylic acids is 1. The number of esters is 1. The molecule has 1 atom stereocenters. The minimum absolute atomic E-state index is 0.0826. The van der Waals surface area contributed by atoms with Crippen molar-refractivity contribution in [3.05, 3.63) is 65.7 Å². The lowest BCUT2D eigenvalue weighted by Crippen LogP contribution is -2.52. The first-order valence-corrected chi connectivity index (χ1v) is 15.2. The number of nitrogens with zero attached hydrogens (tertiary/aromatic N) is 1. The van der Waals surface area contributed by atoms with Crippen LogP contribution in [0.1, 0.15) is 102 Å². The normalized spacial score (nSPS) is 12.3. The van der Waals surface area contributed by atoms with Gasteiger partial charge in [0.05, 0.1) is 27.3 Å². The van der Waals surface area contributed by atoms with Crippen molar-refractivity contribution < 1.29 is 18.8 Å². The van der Waals surface area contributed by atoms with Crippen LogP contribution in [-0.4, -0.2) is 43.8 Å². The number of benzene rings is 2. The molecular formula is C34H54NO3+. The van der Waals surface area contributed by atoms with Crippen molar-refractivity contribution in [3.8, 4) is 5.75 Å². The minimum Gasteiger partial charge on any atom is -0.494 e. The Labute approximate surface area is 233 Å². The van der Waals surface area contributed by atoms with Gasteiger partial charge in [0, 0.05) is 12.0 Å². The number of hydrogen-bond acceptors (Lipinski definition) is 3. The number of rotatable bonds is 21. The molecule has 4 nitrogen and oxygen atoms in total. The van der Waals surface area contributed by atoms with Crippen LogP contribution in [0.4, 0.5) is 0 Å². The lowest BCUT2D eigenvalue weighted by molar-refractivity contribution is -0.920. The van der Waals surface area contributed by atoms with Crippen molar-refractivity contribution in [2.24, 2.45) is 0 Å². The molecule has 0 amide bonds. The molecule has 0 aromatic heterocycles. The number of quaternary nitrogens is 1. The number of likely N-dealkylation sites (N-methyl/N-ethyl adjacent to an activating group) is 1. The fourth-order valence-corrected chi connectivity index (χ4v) is 5.07. The standard InChI is InChI=1S/C34H54NO3/c1-5-7-8-9-10-11-12-14-20-30-23-25-32(26-24-30)37-27-17-18-28-38-34(36)33(19-6-2)35(3,4)29-31-21-15-13-16-22-31/h13,15-16,21-26,33H,5-12,14,17-20,27-29H2,1-4H3/q+1. The molecular weight excluding hydrogens is 470 g/mol. The Morgan fingerprint density at radius 1 is 0.711 bits per heavy atom. The quantitative estimate of drug-likeness (QED) is 0.0932. The molecule has 38 heavy (non-hydrogen) atoms. The van der Waals surface area contributed by atoms with Gasteiger partial charge in [0.1, 0.15) is 12.3 Å². The molecule has 2 rings (SSSR count). The van der Waals surface area contributed by atoms with Gasteiger partial charge in [0.15, 0.2) is 6.04 Å². The van der Waals surface area contributed by atoms with Crippen molar-refractivity contribution >= 4 is 5.97 Å². The molecule has 212 valence electrons. The summed E-state index contributed by atoms with van der Waals surface area (Å²) in [5.41, 5.74) is 2.63. The van der Waals surface area contributed by atoms with Gasteiger partial charge >= 0.3 is 5.97 Å². The van der Waals surface area contributed by atoms with Crippen LogP contribution in [0.15, 0.2) is 54.6 Å². The summed E-state index contributed by atoms with van der Waals surface area (Å²) in [5, 5.41) is 0. The number of ether oxygens (including phenoxy) is 2. The zero-order chi connectivity index (χ0) is 27.5. The summed E-state index contributed by atoms with van der Waals surface area (Å²) in [6, 6.07) is 18.8. The third-order valence-corrected chi connectivity index (χ3v) is 7.40. The fourth-order valence-electron chi connectivity index (χ4n) is 5.07. The maximum Gasteiger partial charge on any atom is 0.364 e. The van der Waals surface area contributed by atoms with Crippen LogP contribution in [0.3, 0.4) is 0 Å². The average Bonchev–Trinajstić information content (AvgIpc) is 2.91. The van der Waals surface area contributed by atoms with Crippen LogP contribution < -0.4 is 4.74 Å². The minimum atomic E-state index is -0.152. The summed E-state index contributed by atoms with van der Waals surface area (Å²) in [6.45, 7) is 6.30. The Morgan fingerprint density at radius 3 is 2.00 bits per heavy atom. The highest BCUT2D eigenvalue weighted by Gasteiger charge is 2.35. The summed E-state index contributed by atoms with van der Waals surface area (Å²) in [4.78, 5) is 13.0. The van der Waals surface area contributed by atoms with Crippen LogP contribution >= 0.6 is 0 Å². The molecule has 0 aliphatic rings. The van der Waals surface area contributed by atoms with Gasteiger partial charge in [-0.15, -0.1) is 0 Å². The van der Waals surface area contributed by atoms with Crippen LogP contribution in [0.2, 0.25) is 0 Å². The Kier molecular flexibility index (Phi) is 15.8. The first-order chi connectivity index (χ1) is 18.5. The lowest BCUT2D eigenvalue weighted by atomic mass is 10.0. The van der Waals surface area contributed by atoms with Crippen molar-refractivity contribution in [2.45, 2.75) is 110 Å². The maximum absolute atomic E-state index is 13.0. The monoisotopic (exact) mass is 524 g/mol. The molecule has 0 N–H and O–H groups in total. The van der Waals surface area contributed by atoms with Gasteiger partial charge in [-0.25, -0.2) is 4.79 Å². The van der Waals surface area contributed by atoms with Crippen molar-refractivity contribution in [2.75, 3.05) is 27.3 Å². The molecule has 0 bridgehead atoms. The van der Waals surface area contributed by atoms with Crippen molar-refractivity contribution in [1.29, 1.82) is 0 Å². The highest BCUT2D eigenvalue weighted by Crippen LogP contribution is 2.20.